The van der Waals surface area contributed by atoms with E-state index in [0.717, 1.165) is 19.1 Å². The van der Waals surface area contributed by atoms with Crippen molar-refractivity contribution in [1.29, 1.82) is 0 Å². The maximum atomic E-state index is 11.1. The van der Waals surface area contributed by atoms with Crippen molar-refractivity contribution < 1.29 is 14.4 Å². The van der Waals surface area contributed by atoms with Crippen molar-refractivity contribution in [3.05, 3.63) is 18.2 Å². The van der Waals surface area contributed by atoms with Crippen molar-refractivity contribution in [2.24, 2.45) is 0 Å². The van der Waals surface area contributed by atoms with Gasteiger partial charge < -0.3 is 5.53 Å². The van der Waals surface area contributed by atoms with Crippen LogP contribution in [-0.4, -0.2) is 22.6 Å². The van der Waals surface area contributed by atoms with Crippen LogP contribution in [0.1, 0.15) is 32.1 Å². The van der Waals surface area contributed by atoms with Crippen LogP contribution in [0, 0.1) is 0 Å². The summed E-state index contributed by atoms with van der Waals surface area (Å²) in [5.41, 5.74) is 8.03. The number of rotatable bonds is 8. The molecule has 0 radical (unpaired) electrons. The quantitative estimate of drug-likeness (QED) is 0.193. The fraction of sp³-hybridized carbons (Fsp3) is 0.500. The highest BCUT2D eigenvalue weighted by Crippen LogP contribution is 2.01. The fourth-order valence-corrected chi connectivity index (χ4v) is 0.960. The van der Waals surface area contributed by atoms with Crippen molar-refractivity contribution in [3.8, 4) is 0 Å². The van der Waals surface area contributed by atoms with Crippen molar-refractivity contribution >= 4 is 17.8 Å². The van der Waals surface area contributed by atoms with Crippen LogP contribution in [0.3, 0.4) is 0 Å². The van der Waals surface area contributed by atoms with Crippen molar-refractivity contribution in [1.82, 2.24) is 0 Å². The molecule has 0 spiro atoms. The normalized spacial score (nSPS) is 8.86. The van der Waals surface area contributed by atoms with E-state index in [0.29, 0.717) is 6.42 Å². The fourth-order valence-electron chi connectivity index (χ4n) is 0.960. The van der Waals surface area contributed by atoms with Gasteiger partial charge in [0.25, 0.3) is 0 Å². The molecule has 0 aliphatic heterocycles. The van der Waals surface area contributed by atoms with E-state index in [9.17, 15) is 9.59 Å². The first-order chi connectivity index (χ1) is 6.70. The van der Waals surface area contributed by atoms with Crippen LogP contribution in [0.25, 0.3) is 5.53 Å². The molecule has 0 rings (SSSR count). The molecule has 0 heterocycles. The third-order valence-corrected chi connectivity index (χ3v) is 1.72. The van der Waals surface area contributed by atoms with Crippen molar-refractivity contribution in [3.63, 3.8) is 0 Å². The number of nitrogens with zero attached hydrogens (tertiary/aromatic N) is 2. The van der Waals surface area contributed by atoms with Gasteiger partial charge in [0.05, 0.1) is 0 Å². The largest absolute Gasteiger partial charge is 0.361 e. The lowest BCUT2D eigenvalue weighted by atomic mass is 10.1. The third-order valence-electron chi connectivity index (χ3n) is 1.72. The molecule has 0 aromatic heterocycles. The Labute approximate surface area is 83.2 Å². The molecular formula is C10H14N2O2. The highest BCUT2D eigenvalue weighted by atomic mass is 16.1. The lowest BCUT2D eigenvalue weighted by molar-refractivity contribution is -0.122. The van der Waals surface area contributed by atoms with Gasteiger partial charge >= 0.3 is 6.21 Å². The van der Waals surface area contributed by atoms with Gasteiger partial charge in [0.2, 0.25) is 5.78 Å². The maximum absolute atomic E-state index is 11.1. The summed E-state index contributed by atoms with van der Waals surface area (Å²) in [6.07, 6.45) is 5.00. The average Bonchev–Trinajstić information content (AvgIpc) is 2.16. The lowest BCUT2D eigenvalue weighted by Gasteiger charge is -1.95. The van der Waals surface area contributed by atoms with E-state index in [1.54, 1.807) is 6.08 Å². The van der Waals surface area contributed by atoms with Crippen LogP contribution in [0.15, 0.2) is 12.7 Å². The van der Waals surface area contributed by atoms with Crippen molar-refractivity contribution in [2.45, 2.75) is 32.1 Å². The predicted octanol–water partition coefficient (Wildman–Crippen LogP) is 1.56. The molecule has 0 atom stereocenters. The van der Waals surface area contributed by atoms with E-state index in [1.165, 1.54) is 0 Å². The minimum atomic E-state index is -0.329. The summed E-state index contributed by atoms with van der Waals surface area (Å²) in [7, 11) is 0. The zero-order chi connectivity index (χ0) is 10.8. The Balaban J connectivity index is 3.58. The molecule has 4 nitrogen and oxygen atoms in total. The number of Topliss-reactive ketones (excluding diaryl/α,β-unsaturated/α-hetero) is 2. The van der Waals surface area contributed by atoms with Crippen LogP contribution < -0.4 is 0 Å². The SMILES string of the molecule is C=CCCCC(=O)CCC(=O)C=[N+]=[N-]. The molecule has 0 saturated heterocycles. The Hall–Kier alpha value is -1.54. The molecule has 0 saturated carbocycles. The Morgan fingerprint density at radius 3 is 2.57 bits per heavy atom. The standard InChI is InChI=1S/C10H14N2O2/c1-2-3-4-5-9(13)6-7-10(14)8-12-11/h2,8H,1,3-7H2. The molecule has 14 heavy (non-hydrogen) atoms. The first-order valence-electron chi connectivity index (χ1n) is 4.53. The molecule has 0 fully saturated rings. The van der Waals surface area contributed by atoms with E-state index in [1.807, 2.05) is 0 Å². The Kier molecular flexibility index (Phi) is 7.19. The van der Waals surface area contributed by atoms with Gasteiger partial charge in [0.15, 0.2) is 0 Å². The molecule has 0 aliphatic carbocycles. The summed E-state index contributed by atoms with van der Waals surface area (Å²) >= 11 is 0. The second kappa shape index (κ2) is 8.08. The zero-order valence-electron chi connectivity index (χ0n) is 8.11. The van der Waals surface area contributed by atoms with E-state index < -0.39 is 0 Å². The summed E-state index contributed by atoms with van der Waals surface area (Å²) in [6.45, 7) is 3.55. The highest BCUT2D eigenvalue weighted by molar-refractivity contribution is 6.25. The van der Waals surface area contributed by atoms with Gasteiger partial charge in [0, 0.05) is 19.3 Å². The summed E-state index contributed by atoms with van der Waals surface area (Å²) in [5.74, 6) is -0.267. The van der Waals surface area contributed by atoms with Gasteiger partial charge in [0.1, 0.15) is 5.78 Å². The van der Waals surface area contributed by atoms with Gasteiger partial charge in [-0.1, -0.05) is 6.08 Å². The lowest BCUT2D eigenvalue weighted by Crippen LogP contribution is -2.05. The maximum Gasteiger partial charge on any atom is 0.323 e. The number of allylic oxidation sites excluding steroid dienone is 1. The minimum Gasteiger partial charge on any atom is -0.361 e. The Morgan fingerprint density at radius 2 is 2.00 bits per heavy atom. The van der Waals surface area contributed by atoms with E-state index in [4.69, 9.17) is 5.53 Å². The molecule has 76 valence electrons. The average molecular weight is 194 g/mol. The summed E-state index contributed by atoms with van der Waals surface area (Å²) < 4.78 is 0. The van der Waals surface area contributed by atoms with E-state index >= 15 is 0 Å². The molecule has 0 aromatic rings. The molecule has 0 bridgehead atoms. The van der Waals surface area contributed by atoms with Gasteiger partial charge in [-0.2, -0.15) is 4.79 Å². The van der Waals surface area contributed by atoms with Gasteiger partial charge in [-0.3, -0.25) is 9.59 Å². The molecular weight excluding hydrogens is 180 g/mol. The van der Waals surface area contributed by atoms with E-state index in [-0.39, 0.29) is 24.4 Å². The van der Waals surface area contributed by atoms with Crippen LogP contribution in [0.4, 0.5) is 0 Å². The predicted molar refractivity (Wildman–Crippen MR) is 53.0 cm³/mol. The number of ketones is 2. The highest BCUT2D eigenvalue weighted by Gasteiger charge is 2.07. The molecule has 0 N–H and O–H groups in total. The van der Waals surface area contributed by atoms with Crippen LogP contribution in [-0.2, 0) is 9.59 Å². The second-order valence-corrected chi connectivity index (χ2v) is 2.93. The minimum absolute atomic E-state index is 0.0616. The van der Waals surface area contributed by atoms with Crippen LogP contribution in [0.5, 0.6) is 0 Å². The van der Waals surface area contributed by atoms with Gasteiger partial charge in [-0.15, -0.1) is 6.58 Å². The monoisotopic (exact) mass is 194 g/mol. The van der Waals surface area contributed by atoms with Crippen molar-refractivity contribution in [2.75, 3.05) is 0 Å². The third kappa shape index (κ3) is 7.13. The second-order valence-electron chi connectivity index (χ2n) is 2.93. The Bertz CT molecular complexity index is 265. The Morgan fingerprint density at radius 1 is 1.29 bits per heavy atom. The molecule has 0 unspecified atom stereocenters. The summed E-state index contributed by atoms with van der Waals surface area (Å²) in [6, 6.07) is 0. The van der Waals surface area contributed by atoms with Gasteiger partial charge in [-0.05, 0) is 12.8 Å². The molecule has 4 heteroatoms. The summed E-state index contributed by atoms with van der Waals surface area (Å²) in [4.78, 5) is 24.5. The van der Waals surface area contributed by atoms with Crippen LogP contribution >= 0.6 is 0 Å². The first kappa shape index (κ1) is 12.5. The molecule has 0 aliphatic rings. The number of carbonyl (C=O) groups is 2. The molecule has 0 aromatic carbocycles. The summed E-state index contributed by atoms with van der Waals surface area (Å²) in [5, 5.41) is 0. The number of hydrogen-bond acceptors (Lipinski definition) is 2. The smallest absolute Gasteiger partial charge is 0.323 e. The first-order valence-corrected chi connectivity index (χ1v) is 4.53. The zero-order valence-corrected chi connectivity index (χ0v) is 8.11. The number of unbranched alkanes of at least 4 members (excludes halogenated alkanes) is 1. The molecule has 0 amide bonds. The number of hydrogen-bond donors (Lipinski definition) is 0. The topological polar surface area (TPSA) is 70.5 Å². The van der Waals surface area contributed by atoms with E-state index in [2.05, 4.69) is 11.4 Å². The number of carbonyl (C=O) groups excluding carboxylic acids is 2. The van der Waals surface area contributed by atoms with Crippen LogP contribution in [0.2, 0.25) is 0 Å². The van der Waals surface area contributed by atoms with Gasteiger partial charge in [-0.25, -0.2) is 0 Å².